The second-order valence-electron chi connectivity index (χ2n) is 4.56. The topological polar surface area (TPSA) is 62.2 Å². The summed E-state index contributed by atoms with van der Waals surface area (Å²) in [6.45, 7) is -0.112. The first-order chi connectivity index (χ1) is 9.28. The van der Waals surface area contributed by atoms with Crippen LogP contribution in [0.15, 0.2) is 24.5 Å². The van der Waals surface area contributed by atoms with Gasteiger partial charge in [0.05, 0.1) is 23.4 Å². The van der Waals surface area contributed by atoms with Gasteiger partial charge in [-0.25, -0.2) is 0 Å². The highest BCUT2D eigenvalue weighted by atomic mass is 32.1. The van der Waals surface area contributed by atoms with E-state index in [1.807, 2.05) is 6.07 Å². The minimum Gasteiger partial charge on any atom is -0.392 e. The van der Waals surface area contributed by atoms with E-state index >= 15 is 0 Å². The molecule has 3 rings (SSSR count). The largest absolute Gasteiger partial charge is 0.392 e. The second kappa shape index (κ2) is 5.11. The van der Waals surface area contributed by atoms with Crippen molar-refractivity contribution in [2.75, 3.05) is 5.32 Å². The summed E-state index contributed by atoms with van der Waals surface area (Å²) in [6, 6.07) is 3.68. The highest BCUT2D eigenvalue weighted by Gasteiger charge is 2.18. The van der Waals surface area contributed by atoms with Gasteiger partial charge < -0.3 is 10.4 Å². The van der Waals surface area contributed by atoms with Crippen LogP contribution in [-0.4, -0.2) is 16.0 Å². The van der Waals surface area contributed by atoms with Crippen molar-refractivity contribution < 1.29 is 9.90 Å². The van der Waals surface area contributed by atoms with Crippen molar-refractivity contribution in [2.24, 2.45) is 0 Å². The van der Waals surface area contributed by atoms with Crippen LogP contribution in [0.1, 0.15) is 32.1 Å². The summed E-state index contributed by atoms with van der Waals surface area (Å²) in [7, 11) is 0. The summed E-state index contributed by atoms with van der Waals surface area (Å²) in [5.41, 5.74) is 2.56. The lowest BCUT2D eigenvalue weighted by Gasteiger charge is -2.07. The first-order valence-electron chi connectivity index (χ1n) is 6.24. The molecule has 1 aliphatic carbocycles. The minimum absolute atomic E-state index is 0.112. The average molecular weight is 274 g/mol. The number of thiophene rings is 1. The number of hydrogen-bond acceptors (Lipinski definition) is 4. The van der Waals surface area contributed by atoms with Gasteiger partial charge in [0.1, 0.15) is 0 Å². The van der Waals surface area contributed by atoms with Crippen LogP contribution in [0.4, 0.5) is 5.69 Å². The second-order valence-corrected chi connectivity index (χ2v) is 5.69. The van der Waals surface area contributed by atoms with Crippen LogP contribution in [0.5, 0.6) is 0 Å². The summed E-state index contributed by atoms with van der Waals surface area (Å²) in [5, 5.41) is 12.0. The van der Waals surface area contributed by atoms with Crippen LogP contribution in [-0.2, 0) is 19.4 Å². The number of nitrogens with one attached hydrogen (secondary N) is 1. The maximum absolute atomic E-state index is 12.2. The van der Waals surface area contributed by atoms with E-state index in [2.05, 4.69) is 10.3 Å². The summed E-state index contributed by atoms with van der Waals surface area (Å²) >= 11 is 1.57. The highest BCUT2D eigenvalue weighted by Crippen LogP contribution is 2.31. The van der Waals surface area contributed by atoms with Gasteiger partial charge >= 0.3 is 0 Å². The molecule has 2 heterocycles. The van der Waals surface area contributed by atoms with Gasteiger partial charge in [-0.2, -0.15) is 0 Å². The number of carbonyl (C=O) groups excluding carboxylic acids is 1. The Hall–Kier alpha value is -1.72. The van der Waals surface area contributed by atoms with Crippen LogP contribution in [0, 0.1) is 0 Å². The van der Waals surface area contributed by atoms with E-state index in [4.69, 9.17) is 0 Å². The van der Waals surface area contributed by atoms with Crippen molar-refractivity contribution in [1.82, 2.24) is 4.98 Å². The molecule has 0 spiro atoms. The van der Waals surface area contributed by atoms with E-state index in [-0.39, 0.29) is 12.5 Å². The SMILES string of the molecule is O=C(Nc1cnccc1CO)c1cc2c(s1)CCC2. The lowest BCUT2D eigenvalue weighted by Crippen LogP contribution is -2.12. The molecule has 0 bridgehead atoms. The van der Waals surface area contributed by atoms with Crippen molar-refractivity contribution >= 4 is 22.9 Å². The number of aliphatic hydroxyl groups is 1. The van der Waals surface area contributed by atoms with Crippen molar-refractivity contribution in [3.8, 4) is 0 Å². The molecule has 0 saturated carbocycles. The molecule has 0 atom stereocenters. The summed E-state index contributed by atoms with van der Waals surface area (Å²) in [4.78, 5) is 18.2. The molecule has 0 aliphatic heterocycles. The fourth-order valence-corrected chi connectivity index (χ4v) is 3.45. The molecule has 0 radical (unpaired) electrons. The molecule has 2 N–H and O–H groups in total. The van der Waals surface area contributed by atoms with Crippen LogP contribution in [0.25, 0.3) is 0 Å². The van der Waals surface area contributed by atoms with E-state index in [1.165, 1.54) is 16.9 Å². The Morgan fingerprint density at radius 1 is 1.47 bits per heavy atom. The van der Waals surface area contributed by atoms with Crippen molar-refractivity contribution in [1.29, 1.82) is 0 Å². The monoisotopic (exact) mass is 274 g/mol. The van der Waals surface area contributed by atoms with Gasteiger partial charge in [0.2, 0.25) is 0 Å². The predicted octanol–water partition coefficient (Wildman–Crippen LogP) is 2.38. The van der Waals surface area contributed by atoms with E-state index in [9.17, 15) is 9.90 Å². The molecule has 0 saturated heterocycles. The van der Waals surface area contributed by atoms with Crippen LogP contribution >= 0.6 is 11.3 Å². The lowest BCUT2D eigenvalue weighted by atomic mass is 10.2. The van der Waals surface area contributed by atoms with E-state index in [0.717, 1.165) is 17.7 Å². The van der Waals surface area contributed by atoms with E-state index in [0.29, 0.717) is 11.3 Å². The molecule has 19 heavy (non-hydrogen) atoms. The molecule has 5 heteroatoms. The number of aryl methyl sites for hydroxylation is 2. The fraction of sp³-hybridized carbons (Fsp3) is 0.286. The smallest absolute Gasteiger partial charge is 0.265 e. The maximum atomic E-state index is 12.2. The molecule has 0 fully saturated rings. The van der Waals surface area contributed by atoms with Gasteiger partial charge in [-0.3, -0.25) is 9.78 Å². The highest BCUT2D eigenvalue weighted by molar-refractivity contribution is 7.14. The fourth-order valence-electron chi connectivity index (χ4n) is 2.30. The Morgan fingerprint density at radius 3 is 3.16 bits per heavy atom. The summed E-state index contributed by atoms with van der Waals surface area (Å²) in [6.07, 6.45) is 6.52. The number of rotatable bonds is 3. The van der Waals surface area contributed by atoms with Gasteiger partial charge in [-0.05, 0) is 37.0 Å². The van der Waals surface area contributed by atoms with Crippen molar-refractivity contribution in [3.63, 3.8) is 0 Å². The number of pyridine rings is 1. The quantitative estimate of drug-likeness (QED) is 0.903. The van der Waals surface area contributed by atoms with Gasteiger partial charge in [0.25, 0.3) is 5.91 Å². The number of nitrogens with zero attached hydrogens (tertiary/aromatic N) is 1. The molecule has 1 aliphatic rings. The lowest BCUT2D eigenvalue weighted by molar-refractivity contribution is 0.103. The number of fused-ring (bicyclic) bond motifs is 1. The molecule has 0 unspecified atom stereocenters. The Balaban J connectivity index is 1.80. The molecule has 0 aromatic carbocycles. The first kappa shape index (κ1) is 12.3. The number of amides is 1. The number of anilines is 1. The maximum Gasteiger partial charge on any atom is 0.265 e. The van der Waals surface area contributed by atoms with Gasteiger partial charge in [0, 0.05) is 16.6 Å². The molecular formula is C14H14N2O2S. The van der Waals surface area contributed by atoms with E-state index < -0.39 is 0 Å². The standard InChI is InChI=1S/C14H14N2O2S/c17-8-10-4-5-15-7-11(10)16-14(18)13-6-9-2-1-3-12(9)19-13/h4-7,17H,1-3,8H2,(H,16,18). The van der Waals surface area contributed by atoms with Crippen molar-refractivity contribution in [2.45, 2.75) is 25.9 Å². The number of carbonyl (C=O) groups is 1. The van der Waals surface area contributed by atoms with Gasteiger partial charge in [-0.1, -0.05) is 0 Å². The molecule has 98 valence electrons. The molecule has 2 aromatic heterocycles. The zero-order valence-electron chi connectivity index (χ0n) is 10.3. The van der Waals surface area contributed by atoms with Crippen LogP contribution in [0.2, 0.25) is 0 Å². The van der Waals surface area contributed by atoms with Crippen LogP contribution < -0.4 is 5.32 Å². The van der Waals surface area contributed by atoms with Gasteiger partial charge in [-0.15, -0.1) is 11.3 Å². The van der Waals surface area contributed by atoms with Crippen molar-refractivity contribution in [3.05, 3.63) is 45.4 Å². The van der Waals surface area contributed by atoms with Gasteiger partial charge in [0.15, 0.2) is 0 Å². The zero-order chi connectivity index (χ0) is 13.2. The Kier molecular flexibility index (Phi) is 3.31. The Morgan fingerprint density at radius 2 is 2.37 bits per heavy atom. The summed E-state index contributed by atoms with van der Waals surface area (Å²) < 4.78 is 0. The number of aromatic nitrogens is 1. The molecule has 1 amide bonds. The third-order valence-corrected chi connectivity index (χ3v) is 4.54. The molecule has 2 aromatic rings. The number of hydrogen-bond donors (Lipinski definition) is 2. The number of aliphatic hydroxyl groups excluding tert-OH is 1. The zero-order valence-corrected chi connectivity index (χ0v) is 11.2. The molecule has 4 nitrogen and oxygen atoms in total. The normalized spacial score (nSPS) is 13.3. The predicted molar refractivity (Wildman–Crippen MR) is 74.5 cm³/mol. The molecular weight excluding hydrogens is 260 g/mol. The average Bonchev–Trinajstić information content (AvgIpc) is 3.00. The Labute approximate surface area is 115 Å². The van der Waals surface area contributed by atoms with E-state index in [1.54, 1.807) is 29.8 Å². The Bertz CT molecular complexity index is 600. The van der Waals surface area contributed by atoms with Crippen LogP contribution in [0.3, 0.4) is 0 Å². The first-order valence-corrected chi connectivity index (χ1v) is 7.06. The summed E-state index contributed by atoms with van der Waals surface area (Å²) in [5.74, 6) is -0.123. The minimum atomic E-state index is -0.123. The third-order valence-electron chi connectivity index (χ3n) is 3.30. The third kappa shape index (κ3) is 2.39.